The average Bonchev–Trinajstić information content (AvgIpc) is 2.90. The van der Waals surface area contributed by atoms with Crippen molar-refractivity contribution in [3.05, 3.63) is 54.0 Å². The summed E-state index contributed by atoms with van der Waals surface area (Å²) in [6, 6.07) is 5.56. The number of nitrogens with one attached hydrogen (secondary N) is 3. The van der Waals surface area contributed by atoms with E-state index >= 15 is 0 Å². The van der Waals surface area contributed by atoms with E-state index in [9.17, 15) is 14.0 Å². The van der Waals surface area contributed by atoms with Gasteiger partial charge in [-0.1, -0.05) is 37.8 Å². The minimum atomic E-state index is -0.531. The molecule has 0 saturated carbocycles. The van der Waals surface area contributed by atoms with Gasteiger partial charge in [-0.3, -0.25) is 9.59 Å². The standard InChI is InChI=1S/C29H40FN7O2/c1-6-17-31-27-22(21-33-29(35-27)34-24-15-11-14-23(30)20-24)13-9-8-10-18-32-28(39)25(7-2)37(5)26(38)16-12-19-36(3)4/h11-12,14-16,20-21,25H,6-8,10,17-19H2,1-5H3,(H,32,39)(H2,31,33,34,35)/t25-/m0/s1. The van der Waals surface area contributed by atoms with Crippen LogP contribution in [-0.4, -0.2) is 78.4 Å². The third-order valence-electron chi connectivity index (χ3n) is 5.65. The molecule has 1 aromatic carbocycles. The number of hydrogen-bond donors (Lipinski definition) is 3. The zero-order chi connectivity index (χ0) is 28.6. The van der Waals surface area contributed by atoms with Crippen molar-refractivity contribution in [1.82, 2.24) is 25.1 Å². The number of halogens is 1. The number of carbonyl (C=O) groups excluding carboxylic acids is 2. The summed E-state index contributed by atoms with van der Waals surface area (Å²) in [4.78, 5) is 37.3. The molecule has 0 spiro atoms. The summed E-state index contributed by atoms with van der Waals surface area (Å²) in [6.45, 7) is 5.77. The summed E-state index contributed by atoms with van der Waals surface area (Å²) >= 11 is 0. The van der Waals surface area contributed by atoms with Gasteiger partial charge in [0, 0.05) is 44.9 Å². The predicted molar refractivity (Wildman–Crippen MR) is 154 cm³/mol. The van der Waals surface area contributed by atoms with Gasteiger partial charge < -0.3 is 25.8 Å². The van der Waals surface area contributed by atoms with Gasteiger partial charge in [-0.2, -0.15) is 4.98 Å². The van der Waals surface area contributed by atoms with Crippen molar-refractivity contribution in [1.29, 1.82) is 0 Å². The van der Waals surface area contributed by atoms with E-state index in [2.05, 4.69) is 44.7 Å². The van der Waals surface area contributed by atoms with Crippen molar-refractivity contribution < 1.29 is 14.0 Å². The summed E-state index contributed by atoms with van der Waals surface area (Å²) < 4.78 is 13.5. The van der Waals surface area contributed by atoms with Crippen LogP contribution in [0.3, 0.4) is 0 Å². The Bertz CT molecular complexity index is 1170. The molecule has 1 atom stereocenters. The number of likely N-dealkylation sites (N-methyl/N-ethyl adjacent to an activating group) is 2. The molecule has 0 bridgehead atoms. The van der Waals surface area contributed by atoms with Crippen LogP contribution in [0.2, 0.25) is 0 Å². The van der Waals surface area contributed by atoms with Crippen molar-refractivity contribution in [3.8, 4) is 11.8 Å². The smallest absolute Gasteiger partial charge is 0.246 e. The molecule has 9 nitrogen and oxygen atoms in total. The molecule has 210 valence electrons. The monoisotopic (exact) mass is 537 g/mol. The zero-order valence-electron chi connectivity index (χ0n) is 23.6. The third-order valence-corrected chi connectivity index (χ3v) is 5.65. The Kier molecular flexibility index (Phi) is 13.4. The van der Waals surface area contributed by atoms with E-state index in [1.54, 1.807) is 31.5 Å². The van der Waals surface area contributed by atoms with Gasteiger partial charge in [-0.05, 0) is 51.6 Å². The summed E-state index contributed by atoms with van der Waals surface area (Å²) in [5.41, 5.74) is 1.21. The highest BCUT2D eigenvalue weighted by Crippen LogP contribution is 2.18. The Hall–Kier alpha value is -3.97. The molecule has 0 saturated heterocycles. The molecule has 0 unspecified atom stereocenters. The summed E-state index contributed by atoms with van der Waals surface area (Å²) in [7, 11) is 5.49. The van der Waals surface area contributed by atoms with Gasteiger partial charge in [0.05, 0.1) is 11.8 Å². The molecule has 10 heteroatoms. The number of aromatic nitrogens is 2. The normalized spacial score (nSPS) is 11.6. The highest BCUT2D eigenvalue weighted by atomic mass is 19.1. The van der Waals surface area contributed by atoms with Gasteiger partial charge in [0.15, 0.2) is 0 Å². The number of hydrogen-bond acceptors (Lipinski definition) is 7. The molecule has 2 aromatic rings. The van der Waals surface area contributed by atoms with Crippen LogP contribution in [0.5, 0.6) is 0 Å². The quantitative estimate of drug-likeness (QED) is 0.191. The van der Waals surface area contributed by atoms with Gasteiger partial charge in [-0.25, -0.2) is 9.37 Å². The largest absolute Gasteiger partial charge is 0.369 e. The van der Waals surface area contributed by atoms with Crippen LogP contribution in [0.4, 0.5) is 21.8 Å². The van der Waals surface area contributed by atoms with Crippen LogP contribution < -0.4 is 16.0 Å². The van der Waals surface area contributed by atoms with Crippen LogP contribution in [0.1, 0.15) is 45.1 Å². The molecule has 0 fully saturated rings. The number of carbonyl (C=O) groups is 2. The maximum Gasteiger partial charge on any atom is 0.246 e. The second kappa shape index (κ2) is 16.8. The maximum atomic E-state index is 13.5. The lowest BCUT2D eigenvalue weighted by molar-refractivity contribution is -0.135. The van der Waals surface area contributed by atoms with Gasteiger partial charge >= 0.3 is 0 Å². The van der Waals surface area contributed by atoms with Gasteiger partial charge in [-0.15, -0.1) is 0 Å². The second-order valence-electron chi connectivity index (χ2n) is 9.25. The molecule has 2 amide bonds. The lowest BCUT2D eigenvalue weighted by atomic mass is 10.1. The second-order valence-corrected chi connectivity index (χ2v) is 9.25. The number of anilines is 3. The maximum absolute atomic E-state index is 13.5. The SMILES string of the molecule is CCCNc1nc(Nc2cccc(F)c2)ncc1C#CCCCNC(=O)[C@H](CC)N(C)C(=O)C=CCN(C)C. The van der Waals surface area contributed by atoms with Crippen LogP contribution >= 0.6 is 0 Å². The van der Waals surface area contributed by atoms with E-state index in [4.69, 9.17) is 0 Å². The molecule has 0 aliphatic rings. The van der Waals surface area contributed by atoms with Crippen LogP contribution in [-0.2, 0) is 9.59 Å². The molecule has 39 heavy (non-hydrogen) atoms. The zero-order valence-corrected chi connectivity index (χ0v) is 23.6. The minimum absolute atomic E-state index is 0.178. The molecular weight excluding hydrogens is 497 g/mol. The molecular formula is C29H40FN7O2. The van der Waals surface area contributed by atoms with Gasteiger partial charge in [0.2, 0.25) is 17.8 Å². The predicted octanol–water partition coefficient (Wildman–Crippen LogP) is 3.78. The molecule has 0 aliphatic carbocycles. The highest BCUT2D eigenvalue weighted by molar-refractivity contribution is 5.92. The van der Waals surface area contributed by atoms with E-state index in [0.29, 0.717) is 55.4 Å². The first kappa shape index (κ1) is 31.2. The number of amides is 2. The molecule has 0 radical (unpaired) electrons. The third kappa shape index (κ3) is 11.1. The van der Waals surface area contributed by atoms with Crippen molar-refractivity contribution in [3.63, 3.8) is 0 Å². The Balaban J connectivity index is 1.90. The first-order valence-electron chi connectivity index (χ1n) is 13.2. The molecule has 1 aromatic heterocycles. The van der Waals surface area contributed by atoms with E-state index in [0.717, 1.165) is 13.0 Å². The number of unbranched alkanes of at least 4 members (excludes halogenated alkanes) is 1. The number of nitrogens with zero attached hydrogens (tertiary/aromatic N) is 4. The lowest BCUT2D eigenvalue weighted by Gasteiger charge is -2.25. The summed E-state index contributed by atoms with van der Waals surface area (Å²) in [5.74, 6) is 6.44. The Morgan fingerprint density at radius 1 is 1.18 bits per heavy atom. The molecule has 0 aliphatic heterocycles. The number of benzene rings is 1. The van der Waals surface area contributed by atoms with Gasteiger partial charge in [0.1, 0.15) is 17.7 Å². The van der Waals surface area contributed by atoms with Crippen molar-refractivity contribution in [2.45, 2.75) is 45.6 Å². The van der Waals surface area contributed by atoms with E-state index in [-0.39, 0.29) is 17.6 Å². The molecule has 3 N–H and O–H groups in total. The summed E-state index contributed by atoms with van der Waals surface area (Å²) in [5, 5.41) is 9.18. The van der Waals surface area contributed by atoms with E-state index < -0.39 is 6.04 Å². The van der Waals surface area contributed by atoms with Crippen LogP contribution in [0.15, 0.2) is 42.6 Å². The molecule has 2 rings (SSSR count). The van der Waals surface area contributed by atoms with Crippen molar-refractivity contribution in [2.75, 3.05) is 51.4 Å². The van der Waals surface area contributed by atoms with E-state index in [1.165, 1.54) is 23.1 Å². The fourth-order valence-corrected chi connectivity index (χ4v) is 3.54. The highest BCUT2D eigenvalue weighted by Gasteiger charge is 2.23. The Morgan fingerprint density at radius 2 is 1.97 bits per heavy atom. The Morgan fingerprint density at radius 3 is 2.67 bits per heavy atom. The fraction of sp³-hybridized carbons (Fsp3) is 0.448. The average molecular weight is 538 g/mol. The molecule has 1 heterocycles. The number of rotatable bonds is 14. The fourth-order valence-electron chi connectivity index (χ4n) is 3.54. The topological polar surface area (TPSA) is 102 Å². The Labute approximate surface area is 231 Å². The van der Waals surface area contributed by atoms with Crippen molar-refractivity contribution in [2.24, 2.45) is 0 Å². The first-order valence-corrected chi connectivity index (χ1v) is 13.2. The first-order chi connectivity index (χ1) is 18.7. The van der Waals surface area contributed by atoms with Crippen LogP contribution in [0.25, 0.3) is 0 Å². The summed E-state index contributed by atoms with van der Waals surface area (Å²) in [6.07, 6.45) is 7.58. The van der Waals surface area contributed by atoms with Crippen LogP contribution in [0, 0.1) is 17.7 Å². The van der Waals surface area contributed by atoms with E-state index in [1.807, 2.05) is 25.9 Å². The lowest BCUT2D eigenvalue weighted by Crippen LogP contribution is -2.47. The minimum Gasteiger partial charge on any atom is -0.369 e. The van der Waals surface area contributed by atoms with Gasteiger partial charge in [0.25, 0.3) is 0 Å². The van der Waals surface area contributed by atoms with Crippen molar-refractivity contribution >= 4 is 29.3 Å².